The van der Waals surface area contributed by atoms with Crippen LogP contribution in [0.4, 0.5) is 0 Å². The SMILES string of the molecule is COCCc1noc(CCCc2c[nH]c3ccccc23)n1. The molecule has 0 saturated carbocycles. The molecule has 0 amide bonds. The highest BCUT2D eigenvalue weighted by Crippen LogP contribution is 2.19. The van der Waals surface area contributed by atoms with Crippen molar-refractivity contribution in [3.05, 3.63) is 47.7 Å². The number of methoxy groups -OCH3 is 1. The third kappa shape index (κ3) is 3.31. The van der Waals surface area contributed by atoms with E-state index < -0.39 is 0 Å². The van der Waals surface area contributed by atoms with Crippen molar-refractivity contribution < 1.29 is 9.26 Å². The summed E-state index contributed by atoms with van der Waals surface area (Å²) in [6.45, 7) is 0.619. The van der Waals surface area contributed by atoms with Crippen LogP contribution in [-0.2, 0) is 24.0 Å². The zero-order valence-electron chi connectivity index (χ0n) is 12.1. The van der Waals surface area contributed by atoms with Crippen LogP contribution in [0.1, 0.15) is 23.7 Å². The van der Waals surface area contributed by atoms with Gasteiger partial charge in [-0.2, -0.15) is 4.98 Å². The van der Waals surface area contributed by atoms with Gasteiger partial charge < -0.3 is 14.2 Å². The van der Waals surface area contributed by atoms with Gasteiger partial charge in [0.1, 0.15) is 0 Å². The van der Waals surface area contributed by atoms with Crippen LogP contribution in [0.25, 0.3) is 10.9 Å². The summed E-state index contributed by atoms with van der Waals surface area (Å²) >= 11 is 0. The van der Waals surface area contributed by atoms with E-state index in [0.717, 1.165) is 25.1 Å². The highest BCUT2D eigenvalue weighted by Gasteiger charge is 2.07. The molecule has 0 atom stereocenters. The molecule has 0 saturated heterocycles. The second kappa shape index (κ2) is 6.54. The number of nitrogens with one attached hydrogen (secondary N) is 1. The van der Waals surface area contributed by atoms with Crippen LogP contribution in [0.5, 0.6) is 0 Å². The lowest BCUT2D eigenvalue weighted by Gasteiger charge is -1.97. The first-order chi connectivity index (χ1) is 10.4. The summed E-state index contributed by atoms with van der Waals surface area (Å²) in [6, 6.07) is 8.36. The Kier molecular flexibility index (Phi) is 4.31. The van der Waals surface area contributed by atoms with Crippen molar-refractivity contribution in [1.82, 2.24) is 15.1 Å². The highest BCUT2D eigenvalue weighted by molar-refractivity contribution is 5.82. The number of aromatic nitrogens is 3. The van der Waals surface area contributed by atoms with Gasteiger partial charge in [0.05, 0.1) is 6.61 Å². The van der Waals surface area contributed by atoms with Crippen molar-refractivity contribution >= 4 is 10.9 Å². The fraction of sp³-hybridized carbons (Fsp3) is 0.375. The van der Waals surface area contributed by atoms with Crippen molar-refractivity contribution in [2.75, 3.05) is 13.7 Å². The van der Waals surface area contributed by atoms with E-state index in [4.69, 9.17) is 9.26 Å². The number of hydrogen-bond acceptors (Lipinski definition) is 4. The number of rotatable bonds is 7. The molecule has 0 bridgehead atoms. The molecule has 0 spiro atoms. The fourth-order valence-corrected chi connectivity index (χ4v) is 2.46. The first kappa shape index (κ1) is 13.8. The van der Waals surface area contributed by atoms with Gasteiger partial charge in [-0.15, -0.1) is 0 Å². The Balaban J connectivity index is 1.55. The lowest BCUT2D eigenvalue weighted by Crippen LogP contribution is -1.96. The predicted octanol–water partition coefficient (Wildman–Crippen LogP) is 2.92. The summed E-state index contributed by atoms with van der Waals surface area (Å²) in [5.41, 5.74) is 2.52. The van der Waals surface area contributed by atoms with E-state index in [9.17, 15) is 0 Å². The Labute approximate surface area is 123 Å². The summed E-state index contributed by atoms with van der Waals surface area (Å²) in [4.78, 5) is 7.66. The molecule has 110 valence electrons. The molecule has 0 aliphatic rings. The summed E-state index contributed by atoms with van der Waals surface area (Å²) in [6.07, 6.45) is 5.58. The first-order valence-corrected chi connectivity index (χ1v) is 7.22. The van der Waals surface area contributed by atoms with Gasteiger partial charge in [-0.1, -0.05) is 23.4 Å². The van der Waals surface area contributed by atoms with E-state index in [0.29, 0.717) is 18.9 Å². The van der Waals surface area contributed by atoms with E-state index >= 15 is 0 Å². The Morgan fingerprint density at radius 1 is 1.19 bits per heavy atom. The Hall–Kier alpha value is -2.14. The van der Waals surface area contributed by atoms with Crippen molar-refractivity contribution in [2.24, 2.45) is 0 Å². The molecule has 0 aliphatic carbocycles. The average Bonchev–Trinajstić information content (AvgIpc) is 3.13. The van der Waals surface area contributed by atoms with Gasteiger partial charge in [0, 0.05) is 37.1 Å². The molecule has 0 radical (unpaired) electrons. The highest BCUT2D eigenvalue weighted by atomic mass is 16.5. The van der Waals surface area contributed by atoms with Crippen LogP contribution < -0.4 is 0 Å². The molecule has 0 unspecified atom stereocenters. The van der Waals surface area contributed by atoms with E-state index in [1.807, 2.05) is 6.07 Å². The molecule has 3 aromatic rings. The topological polar surface area (TPSA) is 63.9 Å². The van der Waals surface area contributed by atoms with Gasteiger partial charge in [-0.05, 0) is 24.5 Å². The Morgan fingerprint density at radius 2 is 2.10 bits per heavy atom. The average molecular weight is 285 g/mol. The van der Waals surface area contributed by atoms with Crippen LogP contribution in [0.3, 0.4) is 0 Å². The summed E-state index contributed by atoms with van der Waals surface area (Å²) in [7, 11) is 1.67. The normalized spacial score (nSPS) is 11.3. The minimum atomic E-state index is 0.619. The maximum atomic E-state index is 5.24. The van der Waals surface area contributed by atoms with Gasteiger partial charge >= 0.3 is 0 Å². The fourth-order valence-electron chi connectivity index (χ4n) is 2.46. The maximum Gasteiger partial charge on any atom is 0.226 e. The van der Waals surface area contributed by atoms with E-state index in [1.165, 1.54) is 16.5 Å². The second-order valence-corrected chi connectivity index (χ2v) is 5.06. The summed E-state index contributed by atoms with van der Waals surface area (Å²) < 4.78 is 10.2. The van der Waals surface area contributed by atoms with Crippen molar-refractivity contribution in [3.63, 3.8) is 0 Å². The Bertz CT molecular complexity index is 702. The smallest absolute Gasteiger partial charge is 0.226 e. The third-order valence-electron chi connectivity index (χ3n) is 3.55. The van der Waals surface area contributed by atoms with Crippen molar-refractivity contribution in [2.45, 2.75) is 25.7 Å². The molecule has 21 heavy (non-hydrogen) atoms. The van der Waals surface area contributed by atoms with Gasteiger partial charge in [0.25, 0.3) is 0 Å². The Morgan fingerprint density at radius 3 is 3.00 bits per heavy atom. The summed E-state index contributed by atoms with van der Waals surface area (Å²) in [5.74, 6) is 1.43. The number of H-pyrrole nitrogens is 1. The molecule has 0 aliphatic heterocycles. The first-order valence-electron chi connectivity index (χ1n) is 7.22. The van der Waals surface area contributed by atoms with E-state index in [2.05, 4.69) is 39.5 Å². The minimum Gasteiger partial charge on any atom is -0.384 e. The number of para-hydroxylation sites is 1. The largest absolute Gasteiger partial charge is 0.384 e. The van der Waals surface area contributed by atoms with Gasteiger partial charge in [-0.3, -0.25) is 0 Å². The molecule has 5 heteroatoms. The van der Waals surface area contributed by atoms with Crippen LogP contribution in [0, 0.1) is 0 Å². The number of ether oxygens (including phenoxy) is 1. The molecule has 5 nitrogen and oxygen atoms in total. The molecule has 2 heterocycles. The minimum absolute atomic E-state index is 0.619. The zero-order chi connectivity index (χ0) is 14.5. The lowest BCUT2D eigenvalue weighted by molar-refractivity contribution is 0.199. The number of benzene rings is 1. The van der Waals surface area contributed by atoms with Crippen molar-refractivity contribution in [3.8, 4) is 0 Å². The van der Waals surface area contributed by atoms with Crippen LogP contribution in [0.2, 0.25) is 0 Å². The van der Waals surface area contributed by atoms with Crippen molar-refractivity contribution in [1.29, 1.82) is 0 Å². The number of hydrogen-bond donors (Lipinski definition) is 1. The van der Waals surface area contributed by atoms with Crippen LogP contribution in [-0.4, -0.2) is 28.8 Å². The number of fused-ring (bicyclic) bond motifs is 1. The predicted molar refractivity (Wildman–Crippen MR) is 80.2 cm³/mol. The second-order valence-electron chi connectivity index (χ2n) is 5.06. The maximum absolute atomic E-state index is 5.24. The monoisotopic (exact) mass is 285 g/mol. The van der Waals surface area contributed by atoms with Gasteiger partial charge in [-0.25, -0.2) is 0 Å². The molecular weight excluding hydrogens is 266 g/mol. The van der Waals surface area contributed by atoms with E-state index in [-0.39, 0.29) is 0 Å². The molecular formula is C16H19N3O2. The summed E-state index contributed by atoms with van der Waals surface area (Å²) in [5, 5.41) is 5.24. The third-order valence-corrected chi connectivity index (χ3v) is 3.55. The molecule has 1 N–H and O–H groups in total. The quantitative estimate of drug-likeness (QED) is 0.725. The zero-order valence-corrected chi connectivity index (χ0v) is 12.1. The lowest BCUT2D eigenvalue weighted by atomic mass is 10.1. The van der Waals surface area contributed by atoms with Gasteiger partial charge in [0.2, 0.25) is 5.89 Å². The van der Waals surface area contributed by atoms with Crippen LogP contribution in [0.15, 0.2) is 35.0 Å². The number of aryl methyl sites for hydroxylation is 2. The van der Waals surface area contributed by atoms with E-state index in [1.54, 1.807) is 7.11 Å². The molecule has 1 aromatic carbocycles. The van der Waals surface area contributed by atoms with Gasteiger partial charge in [0.15, 0.2) is 5.82 Å². The number of nitrogens with zero attached hydrogens (tertiary/aromatic N) is 2. The molecule has 3 rings (SSSR count). The van der Waals surface area contributed by atoms with Crippen LogP contribution >= 0.6 is 0 Å². The molecule has 0 fully saturated rings. The molecule has 2 aromatic heterocycles. The number of aromatic amines is 1. The standard InChI is InChI=1S/C16H19N3O2/c1-20-10-9-15-18-16(21-19-15)8-4-5-12-11-17-14-7-3-2-6-13(12)14/h2-3,6-7,11,17H,4-5,8-10H2,1H3.